The van der Waals surface area contributed by atoms with Gasteiger partial charge in [-0.25, -0.2) is 4.39 Å². The quantitative estimate of drug-likeness (QED) is 0.557. The monoisotopic (exact) mass is 429 g/mol. The van der Waals surface area contributed by atoms with Gasteiger partial charge in [0.15, 0.2) is 0 Å². The van der Waals surface area contributed by atoms with Gasteiger partial charge in [-0.05, 0) is 47.2 Å². The number of nitrogens with one attached hydrogen (secondary N) is 1. The van der Waals surface area contributed by atoms with Crippen LogP contribution in [0.4, 0.5) is 4.39 Å². The zero-order valence-electron chi connectivity index (χ0n) is 9.88. The molecule has 0 fully saturated rings. The predicted octanol–water partition coefficient (Wildman–Crippen LogP) is 2.96. The highest BCUT2D eigenvalue weighted by molar-refractivity contribution is 14.1. The van der Waals surface area contributed by atoms with Gasteiger partial charge in [0.1, 0.15) is 5.82 Å². The second-order valence-electron chi connectivity index (χ2n) is 3.72. The van der Waals surface area contributed by atoms with Gasteiger partial charge in [0, 0.05) is 22.1 Å². The molecule has 1 N–H and O–H groups in total. The minimum absolute atomic E-state index is 0.184. The molecule has 0 aliphatic rings. The van der Waals surface area contributed by atoms with Crippen LogP contribution in [-0.2, 0) is 4.74 Å². The summed E-state index contributed by atoms with van der Waals surface area (Å²) < 4.78 is 18.5. The van der Waals surface area contributed by atoms with Crippen molar-refractivity contribution in [2.45, 2.75) is 11.2 Å². The number of methoxy groups -OCH3 is 1. The van der Waals surface area contributed by atoms with E-state index in [1.54, 1.807) is 7.11 Å². The second-order valence-corrected chi connectivity index (χ2v) is 6.18. The van der Waals surface area contributed by atoms with Gasteiger partial charge in [0.05, 0.1) is 12.2 Å². The molecule has 18 heavy (non-hydrogen) atoms. The summed E-state index contributed by atoms with van der Waals surface area (Å²) in [6, 6.07) is 4.12. The van der Waals surface area contributed by atoms with Crippen LogP contribution in [0.2, 0.25) is 0 Å². The molecule has 1 rings (SSSR count). The first-order valence-corrected chi connectivity index (χ1v) is 7.40. The Hall–Kier alpha value is -0.210. The molecule has 0 bridgehead atoms. The minimum Gasteiger partial charge on any atom is -0.384 e. The molecule has 0 radical (unpaired) electrons. The fraction of sp³-hybridized carbons (Fsp3) is 0.417. The summed E-state index contributed by atoms with van der Waals surface area (Å²) in [4.78, 5) is 12.0. The normalized spacial score (nSPS) is 12.2. The van der Waals surface area contributed by atoms with Gasteiger partial charge in [0.25, 0.3) is 5.91 Å². The average molecular weight is 430 g/mol. The van der Waals surface area contributed by atoms with Crippen LogP contribution in [0.15, 0.2) is 18.2 Å². The van der Waals surface area contributed by atoms with Crippen molar-refractivity contribution in [2.75, 3.05) is 20.3 Å². The topological polar surface area (TPSA) is 38.3 Å². The van der Waals surface area contributed by atoms with E-state index in [-0.39, 0.29) is 16.6 Å². The number of rotatable bonds is 6. The van der Waals surface area contributed by atoms with Crippen molar-refractivity contribution < 1.29 is 13.9 Å². The second kappa shape index (κ2) is 8.06. The maximum Gasteiger partial charge on any atom is 0.252 e. The highest BCUT2D eigenvalue weighted by Crippen LogP contribution is 2.14. The molecule has 0 spiro atoms. The average Bonchev–Trinajstić information content (AvgIpc) is 2.29. The number of ether oxygens (including phenoxy) is 1. The Labute approximate surface area is 128 Å². The van der Waals surface area contributed by atoms with Crippen molar-refractivity contribution in [3.8, 4) is 0 Å². The van der Waals surface area contributed by atoms with E-state index in [1.165, 1.54) is 18.2 Å². The maximum atomic E-state index is 12.9. The van der Waals surface area contributed by atoms with Gasteiger partial charge in [-0.2, -0.15) is 0 Å². The Morgan fingerprint density at radius 1 is 1.61 bits per heavy atom. The van der Waals surface area contributed by atoms with E-state index >= 15 is 0 Å². The third-order valence-electron chi connectivity index (χ3n) is 2.27. The lowest BCUT2D eigenvalue weighted by Gasteiger charge is -2.10. The van der Waals surface area contributed by atoms with Crippen LogP contribution >= 0.6 is 38.5 Å². The minimum atomic E-state index is -0.337. The zero-order chi connectivity index (χ0) is 13.5. The number of hydrogen-bond acceptors (Lipinski definition) is 2. The molecule has 1 aromatic carbocycles. The fourth-order valence-corrected chi connectivity index (χ4v) is 2.59. The van der Waals surface area contributed by atoms with E-state index < -0.39 is 0 Å². The van der Waals surface area contributed by atoms with Gasteiger partial charge < -0.3 is 10.1 Å². The molecule has 3 nitrogen and oxygen atoms in total. The Bertz CT molecular complexity index is 417. The summed E-state index contributed by atoms with van der Waals surface area (Å²) in [5.41, 5.74) is 0.495. The van der Waals surface area contributed by atoms with Crippen molar-refractivity contribution in [1.29, 1.82) is 0 Å². The van der Waals surface area contributed by atoms with Crippen LogP contribution in [0, 0.1) is 9.39 Å². The summed E-state index contributed by atoms with van der Waals surface area (Å²) in [5.74, 6) is -0.520. The smallest absolute Gasteiger partial charge is 0.252 e. The molecule has 6 heteroatoms. The fourth-order valence-electron chi connectivity index (χ4n) is 1.38. The van der Waals surface area contributed by atoms with E-state index in [9.17, 15) is 9.18 Å². The standard InChI is InChI=1S/C12H14BrFINO2/c1-18-7-8(13)4-5-16-12(17)10-3-2-9(14)6-11(10)15/h2-3,6,8H,4-5,7H2,1H3,(H,16,17). The molecule has 1 atom stereocenters. The first kappa shape index (κ1) is 15.8. The number of benzene rings is 1. The summed E-state index contributed by atoms with van der Waals surface area (Å²) >= 11 is 5.39. The van der Waals surface area contributed by atoms with E-state index in [1.807, 2.05) is 22.6 Å². The maximum absolute atomic E-state index is 12.9. The van der Waals surface area contributed by atoms with Crippen molar-refractivity contribution in [3.63, 3.8) is 0 Å². The zero-order valence-corrected chi connectivity index (χ0v) is 13.6. The summed E-state index contributed by atoms with van der Waals surface area (Å²) in [6.07, 6.45) is 0.775. The summed E-state index contributed by atoms with van der Waals surface area (Å²) in [7, 11) is 1.63. The van der Waals surface area contributed by atoms with E-state index in [4.69, 9.17) is 4.74 Å². The Kier molecular flexibility index (Phi) is 7.10. The molecule has 1 amide bonds. The number of hydrogen-bond donors (Lipinski definition) is 1. The highest BCUT2D eigenvalue weighted by Gasteiger charge is 2.11. The van der Waals surface area contributed by atoms with Crippen LogP contribution in [0.5, 0.6) is 0 Å². The predicted molar refractivity (Wildman–Crippen MR) is 80.7 cm³/mol. The van der Waals surface area contributed by atoms with Crippen molar-refractivity contribution in [2.24, 2.45) is 0 Å². The van der Waals surface area contributed by atoms with Gasteiger partial charge in [-0.1, -0.05) is 15.9 Å². The summed E-state index contributed by atoms with van der Waals surface area (Å²) in [6.45, 7) is 1.15. The molecule has 0 aliphatic carbocycles. The molecule has 0 heterocycles. The Balaban J connectivity index is 2.45. The molecular weight excluding hydrogens is 416 g/mol. The number of amides is 1. The first-order valence-electron chi connectivity index (χ1n) is 5.41. The van der Waals surface area contributed by atoms with Gasteiger partial charge in [0.2, 0.25) is 0 Å². The van der Waals surface area contributed by atoms with Crippen LogP contribution in [0.25, 0.3) is 0 Å². The van der Waals surface area contributed by atoms with Gasteiger partial charge >= 0.3 is 0 Å². The molecule has 100 valence electrons. The van der Waals surface area contributed by atoms with Crippen LogP contribution in [0.3, 0.4) is 0 Å². The van der Waals surface area contributed by atoms with Crippen LogP contribution < -0.4 is 5.32 Å². The third kappa shape index (κ3) is 5.19. The van der Waals surface area contributed by atoms with Gasteiger partial charge in [-0.15, -0.1) is 0 Å². The highest BCUT2D eigenvalue weighted by atomic mass is 127. The van der Waals surface area contributed by atoms with E-state index in [0.717, 1.165) is 6.42 Å². The van der Waals surface area contributed by atoms with Crippen molar-refractivity contribution >= 4 is 44.4 Å². The molecule has 0 saturated heterocycles. The number of carbonyl (C=O) groups is 1. The van der Waals surface area contributed by atoms with Crippen molar-refractivity contribution in [1.82, 2.24) is 5.32 Å². The summed E-state index contributed by atoms with van der Waals surface area (Å²) in [5, 5.41) is 2.80. The lowest BCUT2D eigenvalue weighted by molar-refractivity contribution is 0.0951. The Morgan fingerprint density at radius 3 is 2.94 bits per heavy atom. The largest absolute Gasteiger partial charge is 0.384 e. The Morgan fingerprint density at radius 2 is 2.33 bits per heavy atom. The molecule has 0 aromatic heterocycles. The molecule has 0 aliphatic heterocycles. The van der Waals surface area contributed by atoms with Crippen LogP contribution in [-0.4, -0.2) is 31.0 Å². The number of alkyl halides is 1. The van der Waals surface area contributed by atoms with E-state index in [0.29, 0.717) is 22.3 Å². The number of carbonyl (C=O) groups excluding carboxylic acids is 1. The number of halogens is 3. The van der Waals surface area contributed by atoms with Crippen LogP contribution in [0.1, 0.15) is 16.8 Å². The molecule has 1 aromatic rings. The molecular formula is C12H14BrFINO2. The molecule has 0 saturated carbocycles. The third-order valence-corrected chi connectivity index (χ3v) is 3.88. The van der Waals surface area contributed by atoms with Crippen molar-refractivity contribution in [3.05, 3.63) is 33.1 Å². The molecule has 1 unspecified atom stereocenters. The first-order chi connectivity index (χ1) is 8.54. The lowest BCUT2D eigenvalue weighted by atomic mass is 10.2. The van der Waals surface area contributed by atoms with E-state index in [2.05, 4.69) is 21.2 Å². The SMILES string of the molecule is COCC(Br)CCNC(=O)c1ccc(F)cc1I. The van der Waals surface area contributed by atoms with Gasteiger partial charge in [-0.3, -0.25) is 4.79 Å². The lowest BCUT2D eigenvalue weighted by Crippen LogP contribution is -2.27.